The molecule has 1 N–H and O–H groups in total. The maximum atomic E-state index is 12.6. The van der Waals surface area contributed by atoms with E-state index in [9.17, 15) is 14.7 Å². The van der Waals surface area contributed by atoms with Crippen molar-refractivity contribution in [1.82, 2.24) is 0 Å². The Hall–Kier alpha value is -2.30. The summed E-state index contributed by atoms with van der Waals surface area (Å²) in [7, 11) is 0. The number of phenolic OH excluding ortho intramolecular Hbond substituents is 1. The highest BCUT2D eigenvalue weighted by molar-refractivity contribution is 6.11. The number of hydrogen-bond acceptors (Lipinski definition) is 5. The Morgan fingerprint density at radius 1 is 1.21 bits per heavy atom. The molecule has 1 aliphatic rings. The second-order valence-electron chi connectivity index (χ2n) is 6.32. The van der Waals surface area contributed by atoms with Gasteiger partial charge in [0.15, 0.2) is 11.4 Å². The number of benzene rings is 1. The predicted molar refractivity (Wildman–Crippen MR) is 91.0 cm³/mol. The first-order chi connectivity index (χ1) is 11.5. The third kappa shape index (κ3) is 2.90. The van der Waals surface area contributed by atoms with Gasteiger partial charge in [-0.1, -0.05) is 26.7 Å². The van der Waals surface area contributed by atoms with Gasteiger partial charge in [-0.05, 0) is 24.8 Å². The molecular formula is C19H22O5. The Balaban J connectivity index is 2.21. The predicted octanol–water partition coefficient (Wildman–Crippen LogP) is 3.98. The third-order valence-corrected chi connectivity index (χ3v) is 4.44. The Labute approximate surface area is 140 Å². The molecule has 2 heterocycles. The van der Waals surface area contributed by atoms with E-state index in [0.29, 0.717) is 23.1 Å². The van der Waals surface area contributed by atoms with Crippen LogP contribution in [0.25, 0.3) is 11.0 Å². The molecule has 0 fully saturated rings. The van der Waals surface area contributed by atoms with Gasteiger partial charge in [0, 0.05) is 18.6 Å². The summed E-state index contributed by atoms with van der Waals surface area (Å²) in [6.45, 7) is 4.08. The molecule has 5 heteroatoms. The topological polar surface area (TPSA) is 76.7 Å². The normalized spacial score (nSPS) is 16.9. The monoisotopic (exact) mass is 330 g/mol. The van der Waals surface area contributed by atoms with Crippen LogP contribution in [0.1, 0.15) is 61.9 Å². The molecular weight excluding hydrogens is 308 g/mol. The second-order valence-corrected chi connectivity index (χ2v) is 6.32. The summed E-state index contributed by atoms with van der Waals surface area (Å²) in [5.74, 6) is 0.199. The zero-order chi connectivity index (χ0) is 17.3. The first-order valence-electron chi connectivity index (χ1n) is 8.57. The Bertz CT molecular complexity index is 834. The van der Waals surface area contributed by atoms with Crippen molar-refractivity contribution in [3.8, 4) is 11.5 Å². The van der Waals surface area contributed by atoms with Crippen LogP contribution >= 0.6 is 0 Å². The van der Waals surface area contributed by atoms with Gasteiger partial charge in [-0.25, -0.2) is 4.79 Å². The van der Waals surface area contributed by atoms with Crippen LogP contribution < -0.4 is 10.4 Å². The number of hydrogen-bond donors (Lipinski definition) is 1. The zero-order valence-corrected chi connectivity index (χ0v) is 14.1. The van der Waals surface area contributed by atoms with Crippen LogP contribution in [-0.4, -0.2) is 17.0 Å². The molecule has 24 heavy (non-hydrogen) atoms. The highest BCUT2D eigenvalue weighted by Crippen LogP contribution is 2.40. The fourth-order valence-electron chi connectivity index (χ4n) is 3.31. The molecule has 5 nitrogen and oxygen atoms in total. The molecule has 128 valence electrons. The van der Waals surface area contributed by atoms with E-state index in [1.807, 2.05) is 6.92 Å². The van der Waals surface area contributed by atoms with Crippen LogP contribution in [0.2, 0.25) is 0 Å². The first kappa shape index (κ1) is 16.6. The van der Waals surface area contributed by atoms with Crippen molar-refractivity contribution in [3.63, 3.8) is 0 Å². The maximum Gasteiger partial charge on any atom is 0.336 e. The van der Waals surface area contributed by atoms with E-state index in [1.165, 1.54) is 12.1 Å². The number of aryl methyl sites for hydroxylation is 1. The van der Waals surface area contributed by atoms with E-state index < -0.39 is 5.63 Å². The number of ketones is 1. The van der Waals surface area contributed by atoms with Crippen LogP contribution in [0, 0.1) is 0 Å². The summed E-state index contributed by atoms with van der Waals surface area (Å²) in [6, 6.07) is 2.88. The molecule has 3 rings (SSSR count). The number of Topliss-reactive ketones (excluding diaryl/α,β-unsaturated/α-hetero) is 1. The lowest BCUT2D eigenvalue weighted by Crippen LogP contribution is -2.27. The van der Waals surface area contributed by atoms with Crippen molar-refractivity contribution in [2.45, 2.75) is 58.5 Å². The highest BCUT2D eigenvalue weighted by atomic mass is 16.5. The summed E-state index contributed by atoms with van der Waals surface area (Å²) < 4.78 is 11.2. The molecule has 1 aromatic heterocycles. The number of carbonyl (C=O) groups excluding carboxylic acids is 1. The largest absolute Gasteiger partial charge is 0.507 e. The molecule has 0 amide bonds. The van der Waals surface area contributed by atoms with Gasteiger partial charge < -0.3 is 14.3 Å². The highest BCUT2D eigenvalue weighted by Gasteiger charge is 2.31. The van der Waals surface area contributed by atoms with Crippen molar-refractivity contribution < 1.29 is 19.1 Å². The standard InChI is InChI=1S/C19H22O5/c1-3-5-7-11-8-16(22)24-19-17(11)14(21)10-15-18(19)13(20)9-12(23-15)6-4-2/h8,10,12,21H,3-7,9H2,1-2H3. The van der Waals surface area contributed by atoms with Crippen LogP contribution in [-0.2, 0) is 6.42 Å². The molecule has 1 aliphatic heterocycles. The minimum atomic E-state index is -0.509. The van der Waals surface area contributed by atoms with Gasteiger partial charge in [0.25, 0.3) is 0 Å². The van der Waals surface area contributed by atoms with Gasteiger partial charge in [-0.15, -0.1) is 0 Å². The fourth-order valence-corrected chi connectivity index (χ4v) is 3.31. The number of carbonyl (C=O) groups is 1. The molecule has 0 bridgehead atoms. The number of ether oxygens (including phenoxy) is 1. The molecule has 2 aromatic rings. The van der Waals surface area contributed by atoms with Gasteiger partial charge in [0.05, 0.1) is 5.39 Å². The summed E-state index contributed by atoms with van der Waals surface area (Å²) in [4.78, 5) is 24.5. The quantitative estimate of drug-likeness (QED) is 0.839. The van der Waals surface area contributed by atoms with E-state index in [-0.39, 0.29) is 35.2 Å². The van der Waals surface area contributed by atoms with Crippen molar-refractivity contribution in [2.75, 3.05) is 0 Å². The average molecular weight is 330 g/mol. The number of rotatable bonds is 5. The smallest absolute Gasteiger partial charge is 0.336 e. The van der Waals surface area contributed by atoms with Crippen molar-refractivity contribution in [2.24, 2.45) is 0 Å². The number of phenols is 1. The van der Waals surface area contributed by atoms with Gasteiger partial charge in [-0.2, -0.15) is 0 Å². The molecule has 1 atom stereocenters. The van der Waals surface area contributed by atoms with Crippen LogP contribution in [0.15, 0.2) is 21.3 Å². The first-order valence-corrected chi connectivity index (χ1v) is 8.57. The lowest BCUT2D eigenvalue weighted by molar-refractivity contribution is 0.0839. The van der Waals surface area contributed by atoms with E-state index in [4.69, 9.17) is 9.15 Å². The van der Waals surface area contributed by atoms with E-state index in [0.717, 1.165) is 25.7 Å². The van der Waals surface area contributed by atoms with E-state index in [1.54, 1.807) is 0 Å². The third-order valence-electron chi connectivity index (χ3n) is 4.44. The summed E-state index contributed by atoms with van der Waals surface area (Å²) in [6.07, 6.45) is 4.25. The van der Waals surface area contributed by atoms with E-state index in [2.05, 4.69) is 6.92 Å². The number of unbranched alkanes of at least 4 members (excludes halogenated alkanes) is 1. The molecule has 1 unspecified atom stereocenters. The fraction of sp³-hybridized carbons (Fsp3) is 0.474. The van der Waals surface area contributed by atoms with Crippen molar-refractivity contribution >= 4 is 16.8 Å². The molecule has 1 aromatic carbocycles. The van der Waals surface area contributed by atoms with Gasteiger partial charge >= 0.3 is 5.63 Å². The summed E-state index contributed by atoms with van der Waals surface area (Å²) in [5, 5.41) is 10.9. The number of fused-ring (bicyclic) bond motifs is 3. The summed E-state index contributed by atoms with van der Waals surface area (Å²) >= 11 is 0. The Kier molecular flexibility index (Phi) is 4.60. The van der Waals surface area contributed by atoms with Gasteiger partial charge in [0.1, 0.15) is 23.2 Å². The van der Waals surface area contributed by atoms with E-state index >= 15 is 0 Å². The minimum Gasteiger partial charge on any atom is -0.507 e. The van der Waals surface area contributed by atoms with Crippen molar-refractivity contribution in [1.29, 1.82) is 0 Å². The van der Waals surface area contributed by atoms with Gasteiger partial charge in [-0.3, -0.25) is 4.79 Å². The molecule has 0 spiro atoms. The minimum absolute atomic E-state index is 0.0106. The molecule has 0 radical (unpaired) electrons. The zero-order valence-electron chi connectivity index (χ0n) is 14.1. The van der Waals surface area contributed by atoms with Crippen LogP contribution in [0.3, 0.4) is 0 Å². The number of aromatic hydroxyl groups is 1. The Morgan fingerprint density at radius 3 is 2.71 bits per heavy atom. The average Bonchev–Trinajstić information content (AvgIpc) is 2.51. The Morgan fingerprint density at radius 2 is 2.00 bits per heavy atom. The molecule has 0 saturated heterocycles. The van der Waals surface area contributed by atoms with Crippen LogP contribution in [0.4, 0.5) is 0 Å². The van der Waals surface area contributed by atoms with Gasteiger partial charge in [0.2, 0.25) is 0 Å². The summed E-state index contributed by atoms with van der Waals surface area (Å²) in [5.41, 5.74) is 0.644. The SMILES string of the molecule is CCCCc1cc(=O)oc2c3c(cc(O)c12)OC(CCC)CC3=O. The lowest BCUT2D eigenvalue weighted by atomic mass is 9.94. The van der Waals surface area contributed by atoms with Crippen molar-refractivity contribution in [3.05, 3.63) is 33.7 Å². The lowest BCUT2D eigenvalue weighted by Gasteiger charge is -2.26. The maximum absolute atomic E-state index is 12.6. The second kappa shape index (κ2) is 6.67. The van der Waals surface area contributed by atoms with Crippen LogP contribution in [0.5, 0.6) is 11.5 Å². The molecule has 0 saturated carbocycles. The molecule has 0 aliphatic carbocycles.